The highest BCUT2D eigenvalue weighted by molar-refractivity contribution is 6.37. The van der Waals surface area contributed by atoms with E-state index in [2.05, 4.69) is 5.32 Å². The SMILES string of the molecule is CC(C)c1ccc2c(c1)c(=O)n(-c1ccc(CC(NC(=C3CC3)c3c(Cl)cccc3Cl)C(=O)O)cc1)c(=O)n2C. The smallest absolute Gasteiger partial charge is 0.335 e. The van der Waals surface area contributed by atoms with Crippen LogP contribution < -0.4 is 16.6 Å². The van der Waals surface area contributed by atoms with Crippen molar-refractivity contribution >= 4 is 45.8 Å². The molecule has 1 saturated carbocycles. The molecule has 0 spiro atoms. The molecule has 1 fully saturated rings. The number of aromatic nitrogens is 2. The summed E-state index contributed by atoms with van der Waals surface area (Å²) >= 11 is 12.9. The fourth-order valence-corrected chi connectivity index (χ4v) is 5.44. The number of aryl methyl sites for hydroxylation is 1. The van der Waals surface area contributed by atoms with Crippen molar-refractivity contribution in [1.82, 2.24) is 14.5 Å². The molecule has 0 saturated heterocycles. The quantitative estimate of drug-likeness (QED) is 0.271. The minimum atomic E-state index is -1.02. The topological polar surface area (TPSA) is 93.3 Å². The van der Waals surface area contributed by atoms with Crippen LogP contribution in [-0.4, -0.2) is 26.3 Å². The van der Waals surface area contributed by atoms with Crippen molar-refractivity contribution in [3.05, 3.63) is 114 Å². The van der Waals surface area contributed by atoms with E-state index in [1.54, 1.807) is 55.6 Å². The van der Waals surface area contributed by atoms with Crippen LogP contribution in [-0.2, 0) is 18.3 Å². The number of hydrogen-bond donors (Lipinski definition) is 2. The normalized spacial score (nSPS) is 13.5. The van der Waals surface area contributed by atoms with Gasteiger partial charge in [-0.3, -0.25) is 9.36 Å². The summed E-state index contributed by atoms with van der Waals surface area (Å²) < 4.78 is 2.62. The number of carbonyl (C=O) groups is 1. The van der Waals surface area contributed by atoms with E-state index < -0.39 is 23.3 Å². The molecule has 1 aliphatic rings. The van der Waals surface area contributed by atoms with Gasteiger partial charge in [0.1, 0.15) is 6.04 Å². The van der Waals surface area contributed by atoms with Gasteiger partial charge in [-0.05, 0) is 71.9 Å². The van der Waals surface area contributed by atoms with E-state index in [9.17, 15) is 19.5 Å². The van der Waals surface area contributed by atoms with Crippen molar-refractivity contribution in [2.75, 3.05) is 0 Å². The first-order valence-corrected chi connectivity index (χ1v) is 13.8. The first-order chi connectivity index (χ1) is 19.1. The summed E-state index contributed by atoms with van der Waals surface area (Å²) in [7, 11) is 1.64. The van der Waals surface area contributed by atoms with E-state index in [-0.39, 0.29) is 12.3 Å². The Hall–Kier alpha value is -3.81. The van der Waals surface area contributed by atoms with Gasteiger partial charge in [0, 0.05) is 24.7 Å². The van der Waals surface area contributed by atoms with Crippen molar-refractivity contribution in [3.8, 4) is 5.69 Å². The summed E-state index contributed by atoms with van der Waals surface area (Å²) in [5, 5.41) is 14.6. The van der Waals surface area contributed by atoms with Crippen molar-refractivity contribution in [3.63, 3.8) is 0 Å². The number of aliphatic carboxylic acids is 1. The number of hydrogen-bond acceptors (Lipinski definition) is 4. The van der Waals surface area contributed by atoms with Crippen LogP contribution in [0.2, 0.25) is 10.0 Å². The monoisotopic (exact) mass is 577 g/mol. The van der Waals surface area contributed by atoms with Gasteiger partial charge in [0.2, 0.25) is 0 Å². The van der Waals surface area contributed by atoms with Gasteiger partial charge < -0.3 is 10.4 Å². The maximum atomic E-state index is 13.4. The highest BCUT2D eigenvalue weighted by Gasteiger charge is 2.27. The zero-order valence-electron chi connectivity index (χ0n) is 22.4. The van der Waals surface area contributed by atoms with Gasteiger partial charge in [0.05, 0.1) is 26.6 Å². The number of carboxylic acid groups (broad SMARTS) is 1. The highest BCUT2D eigenvalue weighted by atomic mass is 35.5. The molecular weight excluding hydrogens is 549 g/mol. The Kier molecular flexibility index (Phi) is 7.62. The van der Waals surface area contributed by atoms with Crippen molar-refractivity contribution in [2.45, 2.75) is 45.1 Å². The molecule has 0 amide bonds. The molecule has 5 rings (SSSR count). The third kappa shape index (κ3) is 5.31. The average Bonchev–Trinajstić information content (AvgIpc) is 3.76. The number of nitrogens with zero attached hydrogens (tertiary/aromatic N) is 2. The summed E-state index contributed by atoms with van der Waals surface area (Å²) in [4.78, 5) is 38.9. The summed E-state index contributed by atoms with van der Waals surface area (Å²) in [6, 6.07) is 16.6. The van der Waals surface area contributed by atoms with Crippen LogP contribution in [0, 0.1) is 0 Å². The van der Waals surface area contributed by atoms with Crippen LogP contribution in [0.5, 0.6) is 0 Å². The van der Waals surface area contributed by atoms with E-state index in [1.165, 1.54) is 4.57 Å². The zero-order valence-corrected chi connectivity index (χ0v) is 23.9. The number of fused-ring (bicyclic) bond motifs is 1. The lowest BCUT2D eigenvalue weighted by Crippen LogP contribution is -2.38. The van der Waals surface area contributed by atoms with Gasteiger partial charge in [-0.15, -0.1) is 0 Å². The molecule has 3 aromatic carbocycles. The Morgan fingerprint density at radius 1 is 1.00 bits per heavy atom. The minimum absolute atomic E-state index is 0.164. The lowest BCUT2D eigenvalue weighted by molar-refractivity contribution is -0.139. The van der Waals surface area contributed by atoms with Gasteiger partial charge >= 0.3 is 11.7 Å². The number of rotatable bonds is 8. The number of nitrogens with one attached hydrogen (secondary N) is 1. The van der Waals surface area contributed by atoms with Crippen LogP contribution in [0.25, 0.3) is 22.3 Å². The summed E-state index contributed by atoms with van der Waals surface area (Å²) in [6.07, 6.45) is 1.86. The van der Waals surface area contributed by atoms with E-state index in [0.29, 0.717) is 37.9 Å². The molecule has 4 aromatic rings. The number of benzene rings is 3. The number of allylic oxidation sites excluding steroid dienone is 1. The van der Waals surface area contributed by atoms with Crippen molar-refractivity contribution < 1.29 is 9.90 Å². The molecule has 0 aliphatic heterocycles. The van der Waals surface area contributed by atoms with Crippen LogP contribution >= 0.6 is 23.2 Å². The van der Waals surface area contributed by atoms with Gasteiger partial charge in [0.15, 0.2) is 0 Å². The van der Waals surface area contributed by atoms with Gasteiger partial charge in [0.25, 0.3) is 5.56 Å². The molecule has 1 aromatic heterocycles. The van der Waals surface area contributed by atoms with Crippen molar-refractivity contribution in [1.29, 1.82) is 0 Å². The standard InChI is InChI=1S/C31H29Cl2N3O4/c1-17(2)20-11-14-26-22(16-20)29(37)36(31(40)35(26)3)21-12-7-18(8-13-21)15-25(30(38)39)34-28(19-9-10-19)27-23(32)5-4-6-24(27)33/h4-8,11-14,16-17,25,34H,9-10,15H2,1-3H3,(H,38,39). The Balaban J connectivity index is 1.46. The summed E-state index contributed by atoms with van der Waals surface area (Å²) in [6.45, 7) is 4.10. The lowest BCUT2D eigenvalue weighted by atomic mass is 10.0. The van der Waals surface area contributed by atoms with E-state index in [4.69, 9.17) is 23.2 Å². The highest BCUT2D eigenvalue weighted by Crippen LogP contribution is 2.40. The second-order valence-corrected chi connectivity index (χ2v) is 11.2. The van der Waals surface area contributed by atoms with E-state index in [1.807, 2.05) is 26.0 Å². The fraction of sp³-hybridized carbons (Fsp3) is 0.258. The maximum absolute atomic E-state index is 13.4. The molecule has 9 heteroatoms. The molecule has 0 radical (unpaired) electrons. The molecule has 1 heterocycles. The largest absolute Gasteiger partial charge is 0.480 e. The predicted octanol–water partition coefficient (Wildman–Crippen LogP) is 5.91. The summed E-state index contributed by atoms with van der Waals surface area (Å²) in [5.41, 5.74) is 4.21. The molecule has 2 N–H and O–H groups in total. The third-order valence-electron chi connectivity index (χ3n) is 7.28. The second kappa shape index (κ2) is 11.0. The minimum Gasteiger partial charge on any atom is -0.480 e. The third-order valence-corrected chi connectivity index (χ3v) is 7.91. The van der Waals surface area contributed by atoms with Crippen LogP contribution in [0.1, 0.15) is 49.3 Å². The molecule has 1 atom stereocenters. The fourth-order valence-electron chi connectivity index (χ4n) is 4.86. The molecule has 1 aliphatic carbocycles. The van der Waals surface area contributed by atoms with E-state index in [0.717, 1.165) is 34.1 Å². The predicted molar refractivity (Wildman–Crippen MR) is 160 cm³/mol. The number of carboxylic acids is 1. The van der Waals surface area contributed by atoms with Crippen LogP contribution in [0.4, 0.5) is 0 Å². The van der Waals surface area contributed by atoms with Gasteiger partial charge in [-0.1, -0.05) is 61.3 Å². The first kappa shape index (κ1) is 27.7. The second-order valence-electron chi connectivity index (χ2n) is 10.4. The van der Waals surface area contributed by atoms with Crippen LogP contribution in [0.3, 0.4) is 0 Å². The maximum Gasteiger partial charge on any atom is 0.335 e. The molecule has 0 bridgehead atoms. The zero-order chi connectivity index (χ0) is 28.7. The lowest BCUT2D eigenvalue weighted by Gasteiger charge is -2.20. The van der Waals surface area contributed by atoms with Crippen molar-refractivity contribution in [2.24, 2.45) is 7.05 Å². The molecule has 40 heavy (non-hydrogen) atoms. The Bertz CT molecular complexity index is 1760. The molecule has 206 valence electrons. The molecule has 1 unspecified atom stereocenters. The average molecular weight is 578 g/mol. The summed E-state index contributed by atoms with van der Waals surface area (Å²) in [5.74, 6) is -0.791. The Morgan fingerprint density at radius 3 is 2.23 bits per heavy atom. The van der Waals surface area contributed by atoms with Crippen LogP contribution in [0.15, 0.2) is 75.8 Å². The van der Waals surface area contributed by atoms with Gasteiger partial charge in [-0.25, -0.2) is 14.2 Å². The van der Waals surface area contributed by atoms with Gasteiger partial charge in [-0.2, -0.15) is 0 Å². The van der Waals surface area contributed by atoms with E-state index >= 15 is 0 Å². The molecule has 7 nitrogen and oxygen atoms in total. The first-order valence-electron chi connectivity index (χ1n) is 13.1. The Morgan fingerprint density at radius 2 is 1.65 bits per heavy atom. The Labute approximate surface area is 241 Å². The molecular formula is C31H29Cl2N3O4. The number of halogens is 2.